The third-order valence-electron chi connectivity index (χ3n) is 5.49. The van der Waals surface area contributed by atoms with E-state index in [2.05, 4.69) is 16.0 Å². The van der Waals surface area contributed by atoms with E-state index in [-0.39, 0.29) is 5.97 Å². The Bertz CT molecular complexity index is 1470. The van der Waals surface area contributed by atoms with Crippen LogP contribution in [0.2, 0.25) is 0 Å². The molecule has 0 saturated carbocycles. The van der Waals surface area contributed by atoms with Crippen LogP contribution in [0.15, 0.2) is 79.0 Å². The maximum atomic E-state index is 11.9. The van der Waals surface area contributed by atoms with E-state index in [9.17, 15) is 4.79 Å². The Morgan fingerprint density at radius 3 is 2.70 bits per heavy atom. The highest BCUT2D eigenvalue weighted by atomic mass is 16.5. The van der Waals surface area contributed by atoms with Gasteiger partial charge in [0.25, 0.3) is 0 Å². The van der Waals surface area contributed by atoms with E-state index < -0.39 is 0 Å². The van der Waals surface area contributed by atoms with E-state index in [0.29, 0.717) is 12.0 Å². The summed E-state index contributed by atoms with van der Waals surface area (Å²) in [6.07, 6.45) is 2.33. The van der Waals surface area contributed by atoms with Crippen LogP contribution >= 0.6 is 0 Å². The van der Waals surface area contributed by atoms with Crippen LogP contribution in [-0.2, 0) is 11.2 Å². The Hall–Kier alpha value is -4.32. The molecule has 0 fully saturated rings. The Kier molecular flexibility index (Phi) is 5.40. The van der Waals surface area contributed by atoms with Crippen molar-refractivity contribution in [3.05, 3.63) is 102 Å². The van der Waals surface area contributed by atoms with Crippen LogP contribution < -0.4 is 0 Å². The van der Waals surface area contributed by atoms with E-state index in [4.69, 9.17) is 14.7 Å². The van der Waals surface area contributed by atoms with Gasteiger partial charge >= 0.3 is 5.97 Å². The first kappa shape index (κ1) is 20.6. The molecule has 33 heavy (non-hydrogen) atoms. The van der Waals surface area contributed by atoms with Gasteiger partial charge in [-0.1, -0.05) is 30.3 Å². The number of aryl methyl sites for hydroxylation is 1. The van der Waals surface area contributed by atoms with Crippen LogP contribution in [0.3, 0.4) is 0 Å². The number of nitrogens with one attached hydrogen (secondary N) is 1. The number of imidazole rings is 1. The number of aromatic nitrogens is 4. The first-order chi connectivity index (χ1) is 16.1. The molecule has 0 amide bonds. The minimum atomic E-state index is -0.355. The molecule has 5 rings (SSSR count). The van der Waals surface area contributed by atoms with E-state index in [0.717, 1.165) is 50.6 Å². The van der Waals surface area contributed by atoms with E-state index in [1.54, 1.807) is 12.3 Å². The van der Waals surface area contributed by atoms with E-state index in [1.807, 2.05) is 67.6 Å². The lowest BCUT2D eigenvalue weighted by Crippen LogP contribution is -2.02. The van der Waals surface area contributed by atoms with Crippen molar-refractivity contribution in [3.63, 3.8) is 0 Å². The van der Waals surface area contributed by atoms with Crippen LogP contribution in [0.25, 0.3) is 33.5 Å². The van der Waals surface area contributed by atoms with Crippen LogP contribution in [0, 0.1) is 6.92 Å². The Labute approximate surface area is 191 Å². The molecule has 6 heteroatoms. The van der Waals surface area contributed by atoms with Crippen LogP contribution in [0.5, 0.6) is 0 Å². The summed E-state index contributed by atoms with van der Waals surface area (Å²) < 4.78 is 4.85. The zero-order valence-electron chi connectivity index (χ0n) is 18.4. The number of carbonyl (C=O) groups excluding carboxylic acids is 1. The van der Waals surface area contributed by atoms with Gasteiger partial charge in [0.05, 0.1) is 35.3 Å². The number of H-pyrrole nitrogens is 1. The molecule has 3 aromatic heterocycles. The zero-order valence-corrected chi connectivity index (χ0v) is 18.4. The molecule has 0 saturated heterocycles. The number of aromatic amines is 1. The van der Waals surface area contributed by atoms with Crippen molar-refractivity contribution < 1.29 is 9.53 Å². The molecule has 162 valence electrons. The molecule has 6 nitrogen and oxygen atoms in total. The second-order valence-electron chi connectivity index (χ2n) is 7.85. The molecule has 0 spiro atoms. The van der Waals surface area contributed by atoms with Crippen molar-refractivity contribution in [2.75, 3.05) is 7.11 Å². The molecule has 0 unspecified atom stereocenters. The second kappa shape index (κ2) is 8.67. The van der Waals surface area contributed by atoms with Gasteiger partial charge in [-0.3, -0.25) is 9.97 Å². The standard InChI is InChI=1S/C27H22N4O2/c1-17-6-3-10-23(29-17)26-25(20-11-12-22-19(16-20)9-5-13-28-22)30-24(31-26)15-18-7-4-8-21(14-18)27(32)33-2/h3-14,16H,15H2,1-2H3,(H,30,31). The smallest absolute Gasteiger partial charge is 0.337 e. The molecular formula is C27H22N4O2. The molecule has 1 N–H and O–H groups in total. The van der Waals surface area contributed by atoms with Gasteiger partial charge in [0.1, 0.15) is 5.82 Å². The fourth-order valence-corrected chi connectivity index (χ4v) is 3.92. The fourth-order valence-electron chi connectivity index (χ4n) is 3.92. The Morgan fingerprint density at radius 2 is 1.85 bits per heavy atom. The summed E-state index contributed by atoms with van der Waals surface area (Å²) >= 11 is 0. The third-order valence-corrected chi connectivity index (χ3v) is 5.49. The Balaban J connectivity index is 1.60. The van der Waals surface area contributed by atoms with Crippen LogP contribution in [-0.4, -0.2) is 33.0 Å². The average molecular weight is 434 g/mol. The number of methoxy groups -OCH3 is 1. The van der Waals surface area contributed by atoms with Gasteiger partial charge in [-0.05, 0) is 55.0 Å². The normalized spacial score (nSPS) is 11.0. The molecule has 0 bridgehead atoms. The van der Waals surface area contributed by atoms with Gasteiger partial charge in [0.2, 0.25) is 0 Å². The number of ether oxygens (including phenoxy) is 1. The molecule has 5 aromatic rings. The number of carbonyl (C=O) groups is 1. The van der Waals surface area contributed by atoms with Crippen LogP contribution in [0.1, 0.15) is 27.4 Å². The minimum Gasteiger partial charge on any atom is -0.465 e. The lowest BCUT2D eigenvalue weighted by atomic mass is 10.1. The number of benzene rings is 2. The first-order valence-corrected chi connectivity index (χ1v) is 10.7. The molecule has 0 radical (unpaired) electrons. The highest BCUT2D eigenvalue weighted by Crippen LogP contribution is 2.31. The van der Waals surface area contributed by atoms with Gasteiger partial charge in [-0.25, -0.2) is 9.78 Å². The lowest BCUT2D eigenvalue weighted by molar-refractivity contribution is 0.0600. The molecule has 3 heterocycles. The summed E-state index contributed by atoms with van der Waals surface area (Å²) in [5.74, 6) is 0.433. The summed E-state index contributed by atoms with van der Waals surface area (Å²) in [4.78, 5) is 29.5. The second-order valence-corrected chi connectivity index (χ2v) is 7.85. The van der Waals surface area contributed by atoms with Gasteiger partial charge in [0.15, 0.2) is 0 Å². The quantitative estimate of drug-likeness (QED) is 0.376. The molecule has 0 aliphatic heterocycles. The number of rotatable bonds is 5. The van der Waals surface area contributed by atoms with Gasteiger partial charge in [0, 0.05) is 29.3 Å². The van der Waals surface area contributed by atoms with Crippen molar-refractivity contribution in [1.82, 2.24) is 19.9 Å². The first-order valence-electron chi connectivity index (χ1n) is 10.7. The van der Waals surface area contributed by atoms with Crippen molar-refractivity contribution in [2.24, 2.45) is 0 Å². The molecule has 2 aromatic carbocycles. The summed E-state index contributed by atoms with van der Waals surface area (Å²) in [5.41, 5.74) is 6.86. The number of hydrogen-bond acceptors (Lipinski definition) is 5. The molecule has 0 atom stereocenters. The SMILES string of the molecule is COC(=O)c1cccc(Cc2nc(-c3ccc4ncccc4c3)c(-c3cccc(C)n3)[nH]2)c1. The maximum Gasteiger partial charge on any atom is 0.337 e. The maximum absolute atomic E-state index is 11.9. The fraction of sp³-hybridized carbons (Fsp3) is 0.111. The van der Waals surface area contributed by atoms with Gasteiger partial charge < -0.3 is 9.72 Å². The topological polar surface area (TPSA) is 80.8 Å². The highest BCUT2D eigenvalue weighted by Gasteiger charge is 2.17. The van der Waals surface area contributed by atoms with Crippen molar-refractivity contribution in [2.45, 2.75) is 13.3 Å². The number of nitrogens with zero attached hydrogens (tertiary/aromatic N) is 3. The molecule has 0 aliphatic carbocycles. The number of fused-ring (bicyclic) bond motifs is 1. The number of esters is 1. The van der Waals surface area contributed by atoms with Crippen molar-refractivity contribution in [1.29, 1.82) is 0 Å². The summed E-state index contributed by atoms with van der Waals surface area (Å²) in [5, 5.41) is 1.05. The number of hydrogen-bond donors (Lipinski definition) is 1. The van der Waals surface area contributed by atoms with Gasteiger partial charge in [-0.2, -0.15) is 0 Å². The molecule has 0 aliphatic rings. The predicted octanol–water partition coefficient (Wildman–Crippen LogP) is 5.37. The molecular weight excluding hydrogens is 412 g/mol. The van der Waals surface area contributed by atoms with Crippen LogP contribution in [0.4, 0.5) is 0 Å². The monoisotopic (exact) mass is 434 g/mol. The Morgan fingerprint density at radius 1 is 0.970 bits per heavy atom. The summed E-state index contributed by atoms with van der Waals surface area (Å²) in [6, 6.07) is 23.5. The number of pyridine rings is 2. The summed E-state index contributed by atoms with van der Waals surface area (Å²) in [7, 11) is 1.38. The highest BCUT2D eigenvalue weighted by molar-refractivity contribution is 5.89. The average Bonchev–Trinajstić information content (AvgIpc) is 3.27. The van der Waals surface area contributed by atoms with Gasteiger partial charge in [-0.15, -0.1) is 0 Å². The largest absolute Gasteiger partial charge is 0.465 e. The predicted molar refractivity (Wildman–Crippen MR) is 128 cm³/mol. The zero-order chi connectivity index (χ0) is 22.8. The van der Waals surface area contributed by atoms with E-state index in [1.165, 1.54) is 7.11 Å². The van der Waals surface area contributed by atoms with E-state index >= 15 is 0 Å². The lowest BCUT2D eigenvalue weighted by Gasteiger charge is -2.05. The third kappa shape index (κ3) is 4.23. The minimum absolute atomic E-state index is 0.355. The summed E-state index contributed by atoms with van der Waals surface area (Å²) in [6.45, 7) is 1.97. The van der Waals surface area contributed by atoms with Crippen molar-refractivity contribution in [3.8, 4) is 22.6 Å². The van der Waals surface area contributed by atoms with Crippen molar-refractivity contribution >= 4 is 16.9 Å².